The number of nitrogens with one attached hydrogen (secondary N) is 1. The van der Waals surface area contributed by atoms with E-state index in [1.165, 1.54) is 0 Å². The Morgan fingerprint density at radius 3 is 2.83 bits per heavy atom. The summed E-state index contributed by atoms with van der Waals surface area (Å²) in [6.07, 6.45) is 3.48. The molecular weight excluding hydrogens is 290 g/mol. The fraction of sp³-hybridized carbons (Fsp3) is 0.278. The molecule has 3 rings (SSSR count). The van der Waals surface area contributed by atoms with Gasteiger partial charge in [0.05, 0.1) is 17.8 Å². The summed E-state index contributed by atoms with van der Waals surface area (Å²) in [7, 11) is 0. The smallest absolute Gasteiger partial charge is 0.229 e. The second-order valence-electron chi connectivity index (χ2n) is 5.86. The van der Waals surface area contributed by atoms with Crippen molar-refractivity contribution >= 4 is 23.2 Å². The van der Waals surface area contributed by atoms with Crippen molar-refractivity contribution < 1.29 is 9.59 Å². The number of aryl methyl sites for hydroxylation is 1. The number of rotatable bonds is 3. The highest BCUT2D eigenvalue weighted by Gasteiger charge is 2.35. The van der Waals surface area contributed by atoms with Crippen molar-refractivity contribution in [3.8, 4) is 0 Å². The van der Waals surface area contributed by atoms with Crippen LogP contribution in [0, 0.1) is 19.8 Å². The molecule has 5 nitrogen and oxygen atoms in total. The van der Waals surface area contributed by atoms with E-state index in [1.807, 2.05) is 32.0 Å². The second-order valence-corrected chi connectivity index (χ2v) is 5.86. The molecule has 23 heavy (non-hydrogen) atoms. The average molecular weight is 309 g/mol. The first kappa shape index (κ1) is 15.2. The highest BCUT2D eigenvalue weighted by atomic mass is 16.2. The van der Waals surface area contributed by atoms with Gasteiger partial charge in [0.25, 0.3) is 0 Å². The first-order chi connectivity index (χ1) is 11.1. The van der Waals surface area contributed by atoms with Gasteiger partial charge in [-0.05, 0) is 43.2 Å². The van der Waals surface area contributed by atoms with Gasteiger partial charge < -0.3 is 10.2 Å². The lowest BCUT2D eigenvalue weighted by Gasteiger charge is -2.20. The van der Waals surface area contributed by atoms with E-state index in [1.54, 1.807) is 29.4 Å². The van der Waals surface area contributed by atoms with Gasteiger partial charge in [0, 0.05) is 24.8 Å². The molecule has 1 saturated heterocycles. The van der Waals surface area contributed by atoms with Crippen LogP contribution in [0.3, 0.4) is 0 Å². The van der Waals surface area contributed by atoms with Crippen LogP contribution in [0.4, 0.5) is 11.4 Å². The molecule has 0 radical (unpaired) electrons. The second kappa shape index (κ2) is 6.20. The normalized spacial score (nSPS) is 17.4. The van der Waals surface area contributed by atoms with Crippen molar-refractivity contribution in [1.82, 2.24) is 4.98 Å². The van der Waals surface area contributed by atoms with E-state index in [9.17, 15) is 9.59 Å². The molecule has 0 spiro atoms. The van der Waals surface area contributed by atoms with Gasteiger partial charge in [-0.15, -0.1) is 0 Å². The van der Waals surface area contributed by atoms with Gasteiger partial charge in [-0.2, -0.15) is 0 Å². The van der Waals surface area contributed by atoms with Crippen molar-refractivity contribution in [2.24, 2.45) is 5.92 Å². The maximum Gasteiger partial charge on any atom is 0.229 e. The highest BCUT2D eigenvalue weighted by Crippen LogP contribution is 2.29. The average Bonchev–Trinajstić information content (AvgIpc) is 2.93. The van der Waals surface area contributed by atoms with E-state index in [0.717, 1.165) is 16.8 Å². The number of amides is 2. The van der Waals surface area contributed by atoms with Crippen LogP contribution in [0.5, 0.6) is 0 Å². The number of aromatic nitrogens is 1. The molecule has 0 aliphatic carbocycles. The van der Waals surface area contributed by atoms with Crippen LogP contribution in [0.1, 0.15) is 17.5 Å². The lowest BCUT2D eigenvalue weighted by Crippen LogP contribution is -2.28. The van der Waals surface area contributed by atoms with E-state index in [0.29, 0.717) is 12.2 Å². The van der Waals surface area contributed by atoms with Gasteiger partial charge in [0.1, 0.15) is 0 Å². The molecule has 2 amide bonds. The summed E-state index contributed by atoms with van der Waals surface area (Å²) in [6, 6.07) is 9.43. The predicted molar refractivity (Wildman–Crippen MR) is 89.2 cm³/mol. The third-order valence-corrected chi connectivity index (χ3v) is 4.29. The summed E-state index contributed by atoms with van der Waals surface area (Å²) in [5.41, 5.74) is 3.76. The third-order valence-electron chi connectivity index (χ3n) is 4.29. The lowest BCUT2D eigenvalue weighted by atomic mass is 10.1. The number of hydrogen-bond donors (Lipinski definition) is 1. The zero-order valence-corrected chi connectivity index (χ0v) is 13.2. The zero-order valence-electron chi connectivity index (χ0n) is 13.2. The van der Waals surface area contributed by atoms with Crippen molar-refractivity contribution in [3.05, 3.63) is 53.9 Å². The number of nitrogens with zero attached hydrogens (tertiary/aromatic N) is 2. The molecule has 2 heterocycles. The van der Waals surface area contributed by atoms with Gasteiger partial charge in [-0.1, -0.05) is 12.1 Å². The summed E-state index contributed by atoms with van der Waals surface area (Å²) in [5.74, 6) is -0.494. The molecule has 1 unspecified atom stereocenters. The number of hydrogen-bond acceptors (Lipinski definition) is 3. The quantitative estimate of drug-likeness (QED) is 0.948. The van der Waals surface area contributed by atoms with Gasteiger partial charge in [0.2, 0.25) is 11.8 Å². The van der Waals surface area contributed by atoms with Crippen LogP contribution >= 0.6 is 0 Å². The molecule has 1 N–H and O–H groups in total. The number of carbonyl (C=O) groups excluding carboxylic acids is 2. The van der Waals surface area contributed by atoms with E-state index in [2.05, 4.69) is 10.3 Å². The van der Waals surface area contributed by atoms with E-state index in [4.69, 9.17) is 0 Å². The minimum Gasteiger partial charge on any atom is -0.324 e. The maximum atomic E-state index is 12.4. The van der Waals surface area contributed by atoms with Crippen molar-refractivity contribution in [2.45, 2.75) is 20.3 Å². The van der Waals surface area contributed by atoms with Crippen molar-refractivity contribution in [2.75, 3.05) is 16.8 Å². The molecule has 118 valence electrons. The van der Waals surface area contributed by atoms with E-state index < -0.39 is 0 Å². The Balaban J connectivity index is 1.75. The van der Waals surface area contributed by atoms with Crippen molar-refractivity contribution in [1.29, 1.82) is 0 Å². The Hall–Kier alpha value is -2.69. The molecule has 5 heteroatoms. The van der Waals surface area contributed by atoms with E-state index in [-0.39, 0.29) is 24.2 Å². The molecule has 1 aliphatic heterocycles. The maximum absolute atomic E-state index is 12.4. The van der Waals surface area contributed by atoms with Gasteiger partial charge >= 0.3 is 0 Å². The topological polar surface area (TPSA) is 62.3 Å². The first-order valence-electron chi connectivity index (χ1n) is 7.63. The largest absolute Gasteiger partial charge is 0.324 e. The first-order valence-corrected chi connectivity index (χ1v) is 7.63. The number of benzene rings is 1. The van der Waals surface area contributed by atoms with E-state index >= 15 is 0 Å². The third kappa shape index (κ3) is 3.08. The molecular formula is C18H19N3O2. The highest BCUT2D eigenvalue weighted by molar-refractivity contribution is 6.03. The molecule has 0 bridgehead atoms. The zero-order chi connectivity index (χ0) is 16.4. The Morgan fingerprint density at radius 2 is 2.09 bits per heavy atom. The van der Waals surface area contributed by atoms with Crippen LogP contribution in [0.15, 0.2) is 42.7 Å². The Kier molecular flexibility index (Phi) is 4.10. The number of carbonyl (C=O) groups is 2. The molecule has 1 aromatic carbocycles. The van der Waals surface area contributed by atoms with Gasteiger partial charge in [-0.25, -0.2) is 0 Å². The minimum absolute atomic E-state index is 0.00923. The fourth-order valence-electron chi connectivity index (χ4n) is 2.83. The number of anilines is 2. The van der Waals surface area contributed by atoms with Crippen LogP contribution in [0.2, 0.25) is 0 Å². The summed E-state index contributed by atoms with van der Waals surface area (Å²) in [5, 5.41) is 2.82. The van der Waals surface area contributed by atoms with Crippen LogP contribution < -0.4 is 10.2 Å². The standard InChI is InChI=1S/C18H19N3O2/c1-12-5-3-7-16(13(12)2)21-11-14(9-17(21)22)18(23)20-15-6-4-8-19-10-15/h3-8,10,14H,9,11H2,1-2H3,(H,20,23). The predicted octanol–water partition coefficient (Wildman–Crippen LogP) is 2.69. The van der Waals surface area contributed by atoms with Crippen LogP contribution in [-0.2, 0) is 9.59 Å². The molecule has 1 aliphatic rings. The summed E-state index contributed by atoms with van der Waals surface area (Å²) >= 11 is 0. The summed E-state index contributed by atoms with van der Waals surface area (Å²) < 4.78 is 0. The Bertz CT molecular complexity index is 743. The summed E-state index contributed by atoms with van der Waals surface area (Å²) in [6.45, 7) is 4.43. The van der Waals surface area contributed by atoms with Crippen LogP contribution in [0.25, 0.3) is 0 Å². The van der Waals surface area contributed by atoms with Crippen LogP contribution in [-0.4, -0.2) is 23.3 Å². The molecule has 1 atom stereocenters. The SMILES string of the molecule is Cc1cccc(N2CC(C(=O)Nc3cccnc3)CC2=O)c1C. The fourth-order valence-corrected chi connectivity index (χ4v) is 2.83. The minimum atomic E-state index is -0.345. The number of pyridine rings is 1. The van der Waals surface area contributed by atoms with Gasteiger partial charge in [-0.3, -0.25) is 14.6 Å². The Labute approximate surface area is 135 Å². The molecule has 1 fully saturated rings. The van der Waals surface area contributed by atoms with Crippen molar-refractivity contribution in [3.63, 3.8) is 0 Å². The molecule has 1 aromatic heterocycles. The monoisotopic (exact) mass is 309 g/mol. The molecule has 0 saturated carbocycles. The Morgan fingerprint density at radius 1 is 1.26 bits per heavy atom. The molecule has 2 aromatic rings. The summed E-state index contributed by atoms with van der Waals surface area (Å²) in [4.78, 5) is 30.4. The van der Waals surface area contributed by atoms with Gasteiger partial charge in [0.15, 0.2) is 0 Å². The lowest BCUT2D eigenvalue weighted by molar-refractivity contribution is -0.122.